The Kier molecular flexibility index (Phi) is 7.55. The summed E-state index contributed by atoms with van der Waals surface area (Å²) < 4.78 is 13.1. The van der Waals surface area contributed by atoms with E-state index in [0.717, 1.165) is 25.3 Å². The highest BCUT2D eigenvalue weighted by atomic mass is 32.1. The first kappa shape index (κ1) is 22.4. The molecule has 2 atom stereocenters. The number of halogens is 1. The third-order valence-electron chi connectivity index (χ3n) is 5.25. The number of rotatable bonds is 7. The summed E-state index contributed by atoms with van der Waals surface area (Å²) in [6.07, 6.45) is 2.48. The number of amides is 2. The minimum absolute atomic E-state index is 0.122. The van der Waals surface area contributed by atoms with Crippen molar-refractivity contribution >= 4 is 28.3 Å². The average molecular weight is 433 g/mol. The van der Waals surface area contributed by atoms with Crippen molar-refractivity contribution in [1.29, 1.82) is 0 Å². The van der Waals surface area contributed by atoms with Crippen LogP contribution in [-0.4, -0.2) is 40.8 Å². The fourth-order valence-electron chi connectivity index (χ4n) is 3.64. The summed E-state index contributed by atoms with van der Waals surface area (Å²) in [4.78, 5) is 32.2. The average Bonchev–Trinajstić information content (AvgIpc) is 3.12. The van der Waals surface area contributed by atoms with Crippen molar-refractivity contribution in [2.24, 2.45) is 11.8 Å². The van der Waals surface area contributed by atoms with Gasteiger partial charge in [-0.05, 0) is 55.5 Å². The van der Waals surface area contributed by atoms with Gasteiger partial charge in [0.05, 0.1) is 5.69 Å². The molecule has 1 aromatic heterocycles. The number of anilines is 1. The van der Waals surface area contributed by atoms with Crippen LogP contribution in [0.25, 0.3) is 0 Å². The van der Waals surface area contributed by atoms with Crippen LogP contribution >= 0.6 is 11.3 Å². The van der Waals surface area contributed by atoms with E-state index >= 15 is 0 Å². The first-order valence-corrected chi connectivity index (χ1v) is 11.2. The summed E-state index contributed by atoms with van der Waals surface area (Å²) in [6.45, 7) is 8.93. The number of thiazole rings is 1. The van der Waals surface area contributed by atoms with Gasteiger partial charge in [0.2, 0.25) is 5.91 Å². The molecule has 3 rings (SSSR count). The molecule has 162 valence electrons. The van der Waals surface area contributed by atoms with Gasteiger partial charge in [0, 0.05) is 24.0 Å². The second-order valence-electron chi connectivity index (χ2n) is 8.32. The normalized spacial score (nSPS) is 18.2. The van der Waals surface area contributed by atoms with Crippen molar-refractivity contribution in [3.63, 3.8) is 0 Å². The summed E-state index contributed by atoms with van der Waals surface area (Å²) in [5, 5.41) is 8.07. The van der Waals surface area contributed by atoms with Gasteiger partial charge in [-0.2, -0.15) is 0 Å². The van der Waals surface area contributed by atoms with Crippen molar-refractivity contribution in [3.8, 4) is 0 Å². The molecule has 0 radical (unpaired) electrons. The van der Waals surface area contributed by atoms with E-state index in [0.29, 0.717) is 16.6 Å². The number of carbonyl (C=O) groups is 2. The van der Waals surface area contributed by atoms with Gasteiger partial charge >= 0.3 is 0 Å². The fraction of sp³-hybridized carbons (Fsp3) is 0.500. The van der Waals surface area contributed by atoms with Crippen LogP contribution in [0.15, 0.2) is 29.6 Å². The Morgan fingerprint density at radius 1 is 1.30 bits per heavy atom. The zero-order valence-corrected chi connectivity index (χ0v) is 18.5. The standard InChI is InChI=1S/C22H29FN4O2S/c1-14(2)19(25-20(28)16-6-8-17(23)9-7-16)21(29)26-22-24-18(13-30-22)12-27-10-4-5-15(3)11-27/h6-9,13-15,19H,4-5,10-12H2,1-3H3,(H,25,28)(H,24,26,29)/t15?,19-/m0/s1. The minimum Gasteiger partial charge on any atom is -0.340 e. The van der Waals surface area contributed by atoms with Crippen LogP contribution in [0.3, 0.4) is 0 Å². The molecule has 2 N–H and O–H groups in total. The zero-order chi connectivity index (χ0) is 21.7. The van der Waals surface area contributed by atoms with Crippen LogP contribution in [0.4, 0.5) is 9.52 Å². The lowest BCUT2D eigenvalue weighted by molar-refractivity contribution is -0.118. The van der Waals surface area contributed by atoms with E-state index in [4.69, 9.17) is 0 Å². The number of hydrogen-bond acceptors (Lipinski definition) is 5. The van der Waals surface area contributed by atoms with Gasteiger partial charge in [-0.25, -0.2) is 9.37 Å². The summed E-state index contributed by atoms with van der Waals surface area (Å²) in [7, 11) is 0. The molecule has 1 aliphatic rings. The molecule has 0 spiro atoms. The van der Waals surface area contributed by atoms with Crippen LogP contribution in [-0.2, 0) is 11.3 Å². The molecule has 30 heavy (non-hydrogen) atoms. The lowest BCUT2D eigenvalue weighted by atomic mass is 10.0. The molecular weight excluding hydrogens is 403 g/mol. The Bertz CT molecular complexity index is 868. The maximum absolute atomic E-state index is 13.1. The molecule has 1 fully saturated rings. The summed E-state index contributed by atoms with van der Waals surface area (Å²) >= 11 is 1.39. The second kappa shape index (κ2) is 10.1. The van der Waals surface area contributed by atoms with Gasteiger partial charge in [-0.3, -0.25) is 14.5 Å². The monoisotopic (exact) mass is 432 g/mol. The molecule has 2 aromatic rings. The minimum atomic E-state index is -0.724. The zero-order valence-electron chi connectivity index (χ0n) is 17.7. The number of likely N-dealkylation sites (tertiary alicyclic amines) is 1. The third kappa shape index (κ3) is 6.09. The molecule has 0 saturated carbocycles. The number of hydrogen-bond donors (Lipinski definition) is 2. The second-order valence-corrected chi connectivity index (χ2v) is 9.18. The van der Waals surface area contributed by atoms with Crippen LogP contribution in [0.1, 0.15) is 49.7 Å². The van der Waals surface area contributed by atoms with E-state index in [1.165, 1.54) is 48.4 Å². The molecule has 1 aliphatic heterocycles. The number of carbonyl (C=O) groups excluding carboxylic acids is 2. The van der Waals surface area contributed by atoms with E-state index in [9.17, 15) is 14.0 Å². The Balaban J connectivity index is 1.59. The number of nitrogens with zero attached hydrogens (tertiary/aromatic N) is 2. The lowest BCUT2D eigenvalue weighted by Crippen LogP contribution is -2.47. The van der Waals surface area contributed by atoms with Gasteiger partial charge in [0.1, 0.15) is 11.9 Å². The van der Waals surface area contributed by atoms with E-state index < -0.39 is 17.8 Å². The van der Waals surface area contributed by atoms with Gasteiger partial charge in [-0.15, -0.1) is 11.3 Å². The molecule has 1 aromatic carbocycles. The number of nitrogens with one attached hydrogen (secondary N) is 2. The van der Waals surface area contributed by atoms with Crippen LogP contribution in [0, 0.1) is 17.7 Å². The van der Waals surface area contributed by atoms with Crippen molar-refractivity contribution in [2.45, 2.75) is 46.2 Å². The SMILES string of the molecule is CC1CCCN(Cc2csc(NC(=O)[C@@H](NC(=O)c3ccc(F)cc3)C(C)C)n2)C1. The molecular formula is C22H29FN4O2S. The molecule has 6 nitrogen and oxygen atoms in total. The smallest absolute Gasteiger partial charge is 0.251 e. The van der Waals surface area contributed by atoms with E-state index in [1.54, 1.807) is 0 Å². The van der Waals surface area contributed by atoms with Crippen molar-refractivity contribution in [1.82, 2.24) is 15.2 Å². The van der Waals surface area contributed by atoms with E-state index in [-0.39, 0.29) is 11.8 Å². The van der Waals surface area contributed by atoms with E-state index in [2.05, 4.69) is 27.4 Å². The molecule has 8 heteroatoms. The van der Waals surface area contributed by atoms with Gasteiger partial charge < -0.3 is 10.6 Å². The fourth-order valence-corrected chi connectivity index (χ4v) is 4.34. The summed E-state index contributed by atoms with van der Waals surface area (Å²) in [6, 6.07) is 4.51. The topological polar surface area (TPSA) is 74.3 Å². The van der Waals surface area contributed by atoms with Gasteiger partial charge in [0.15, 0.2) is 5.13 Å². The largest absolute Gasteiger partial charge is 0.340 e. The van der Waals surface area contributed by atoms with Gasteiger partial charge in [-0.1, -0.05) is 20.8 Å². The van der Waals surface area contributed by atoms with Crippen molar-refractivity contribution in [3.05, 3.63) is 46.7 Å². The highest BCUT2D eigenvalue weighted by Gasteiger charge is 2.26. The molecule has 1 saturated heterocycles. The van der Waals surface area contributed by atoms with Crippen LogP contribution < -0.4 is 10.6 Å². The van der Waals surface area contributed by atoms with E-state index in [1.807, 2.05) is 19.2 Å². The first-order chi connectivity index (χ1) is 14.3. The van der Waals surface area contributed by atoms with Crippen molar-refractivity contribution in [2.75, 3.05) is 18.4 Å². The van der Waals surface area contributed by atoms with Gasteiger partial charge in [0.25, 0.3) is 5.91 Å². The maximum Gasteiger partial charge on any atom is 0.251 e. The van der Waals surface area contributed by atoms with Crippen LogP contribution in [0.5, 0.6) is 0 Å². The Morgan fingerprint density at radius 2 is 2.03 bits per heavy atom. The Morgan fingerprint density at radius 3 is 2.70 bits per heavy atom. The summed E-state index contributed by atoms with van der Waals surface area (Å²) in [5.41, 5.74) is 1.25. The highest BCUT2D eigenvalue weighted by molar-refractivity contribution is 7.13. The Labute approximate surface area is 180 Å². The lowest BCUT2D eigenvalue weighted by Gasteiger charge is -2.30. The quantitative estimate of drug-likeness (QED) is 0.696. The number of piperidine rings is 1. The Hall–Kier alpha value is -2.32. The van der Waals surface area contributed by atoms with Crippen molar-refractivity contribution < 1.29 is 14.0 Å². The first-order valence-electron chi connectivity index (χ1n) is 10.4. The third-order valence-corrected chi connectivity index (χ3v) is 6.06. The van der Waals surface area contributed by atoms with Crippen LogP contribution in [0.2, 0.25) is 0 Å². The summed E-state index contributed by atoms with van der Waals surface area (Å²) in [5.74, 6) is -0.559. The maximum atomic E-state index is 13.1. The predicted molar refractivity (Wildman–Crippen MR) is 117 cm³/mol. The molecule has 2 heterocycles. The highest BCUT2D eigenvalue weighted by Crippen LogP contribution is 2.21. The molecule has 2 amide bonds. The molecule has 1 unspecified atom stereocenters. The number of aromatic nitrogens is 1. The molecule has 0 bridgehead atoms. The number of benzene rings is 1. The molecule has 0 aliphatic carbocycles. The predicted octanol–water partition coefficient (Wildman–Crippen LogP) is 3.91.